The van der Waals surface area contributed by atoms with Gasteiger partial charge in [-0.25, -0.2) is 0 Å². The van der Waals surface area contributed by atoms with Crippen molar-refractivity contribution in [3.05, 3.63) is 35.4 Å². The SMILES string of the molecule is c1ccc2c(c1)[C@H]1OCCC[C@@H]21. The molecule has 1 saturated heterocycles. The fraction of sp³-hybridized carbons (Fsp3) is 0.455. The van der Waals surface area contributed by atoms with Gasteiger partial charge in [0.25, 0.3) is 0 Å². The van der Waals surface area contributed by atoms with Crippen LogP contribution in [0, 0.1) is 0 Å². The summed E-state index contributed by atoms with van der Waals surface area (Å²) in [6, 6.07) is 8.67. The number of hydrogen-bond acceptors (Lipinski definition) is 1. The highest BCUT2D eigenvalue weighted by Crippen LogP contribution is 2.51. The van der Waals surface area contributed by atoms with E-state index in [1.165, 1.54) is 24.0 Å². The topological polar surface area (TPSA) is 9.23 Å². The van der Waals surface area contributed by atoms with Crippen LogP contribution in [-0.2, 0) is 4.74 Å². The maximum Gasteiger partial charge on any atom is 0.0896 e. The first-order valence-corrected chi connectivity index (χ1v) is 4.67. The van der Waals surface area contributed by atoms with Crippen LogP contribution in [0.15, 0.2) is 24.3 Å². The Morgan fingerprint density at radius 3 is 2.92 bits per heavy atom. The van der Waals surface area contributed by atoms with Crippen molar-refractivity contribution in [1.82, 2.24) is 0 Å². The van der Waals surface area contributed by atoms with E-state index in [4.69, 9.17) is 4.74 Å². The fourth-order valence-corrected chi connectivity index (χ4v) is 2.42. The molecular weight excluding hydrogens is 148 g/mol. The molecule has 2 aliphatic rings. The molecule has 1 nitrogen and oxygen atoms in total. The summed E-state index contributed by atoms with van der Waals surface area (Å²) in [4.78, 5) is 0. The molecule has 0 radical (unpaired) electrons. The molecule has 0 saturated carbocycles. The Labute approximate surface area is 72.4 Å². The maximum absolute atomic E-state index is 5.70. The van der Waals surface area contributed by atoms with E-state index in [1.54, 1.807) is 0 Å². The molecule has 1 aliphatic heterocycles. The predicted octanol–water partition coefficient (Wildman–Crippen LogP) is 2.64. The minimum absolute atomic E-state index is 0.440. The first-order valence-electron chi connectivity index (χ1n) is 4.67. The van der Waals surface area contributed by atoms with E-state index in [9.17, 15) is 0 Å². The van der Waals surface area contributed by atoms with Crippen molar-refractivity contribution < 1.29 is 4.74 Å². The zero-order chi connectivity index (χ0) is 7.97. The van der Waals surface area contributed by atoms with Crippen LogP contribution in [0.25, 0.3) is 0 Å². The van der Waals surface area contributed by atoms with Gasteiger partial charge in [0.1, 0.15) is 0 Å². The molecule has 0 spiro atoms. The molecule has 12 heavy (non-hydrogen) atoms. The largest absolute Gasteiger partial charge is 0.373 e. The van der Waals surface area contributed by atoms with Crippen LogP contribution in [0.3, 0.4) is 0 Å². The van der Waals surface area contributed by atoms with Crippen LogP contribution in [0.2, 0.25) is 0 Å². The van der Waals surface area contributed by atoms with Crippen LogP contribution in [0.4, 0.5) is 0 Å². The molecule has 0 unspecified atom stereocenters. The number of benzene rings is 1. The average molecular weight is 160 g/mol. The molecule has 0 N–H and O–H groups in total. The molecular formula is C11H12O. The molecule has 3 rings (SSSR count). The number of ether oxygens (including phenoxy) is 1. The van der Waals surface area contributed by atoms with E-state index in [0.29, 0.717) is 6.10 Å². The number of rotatable bonds is 0. The highest BCUT2D eigenvalue weighted by molar-refractivity contribution is 5.43. The van der Waals surface area contributed by atoms with Gasteiger partial charge in [0.05, 0.1) is 6.10 Å². The molecule has 2 atom stereocenters. The Bertz CT molecular complexity index is 275. The van der Waals surface area contributed by atoms with Crippen LogP contribution in [-0.4, -0.2) is 6.61 Å². The lowest BCUT2D eigenvalue weighted by molar-refractivity contribution is -0.0221. The van der Waals surface area contributed by atoms with Crippen LogP contribution >= 0.6 is 0 Å². The summed E-state index contributed by atoms with van der Waals surface area (Å²) in [5.74, 6) is 0.718. The third-order valence-electron chi connectivity index (χ3n) is 3.02. The quantitative estimate of drug-likeness (QED) is 0.567. The average Bonchev–Trinajstić information content (AvgIpc) is 2.14. The summed E-state index contributed by atoms with van der Waals surface area (Å²) < 4.78 is 5.70. The van der Waals surface area contributed by atoms with Crippen molar-refractivity contribution in [1.29, 1.82) is 0 Å². The predicted molar refractivity (Wildman–Crippen MR) is 47.1 cm³/mol. The van der Waals surface area contributed by atoms with E-state index >= 15 is 0 Å². The van der Waals surface area contributed by atoms with E-state index in [1.807, 2.05) is 0 Å². The Morgan fingerprint density at radius 1 is 1.17 bits per heavy atom. The molecule has 1 heteroatoms. The lowest BCUT2D eigenvalue weighted by atomic mass is 9.71. The van der Waals surface area contributed by atoms with Crippen LogP contribution in [0.1, 0.15) is 36.0 Å². The van der Waals surface area contributed by atoms with E-state index in [2.05, 4.69) is 24.3 Å². The maximum atomic E-state index is 5.70. The van der Waals surface area contributed by atoms with Crippen molar-refractivity contribution in [2.45, 2.75) is 24.9 Å². The van der Waals surface area contributed by atoms with Crippen molar-refractivity contribution >= 4 is 0 Å². The van der Waals surface area contributed by atoms with E-state index in [-0.39, 0.29) is 0 Å². The summed E-state index contributed by atoms with van der Waals surface area (Å²) in [6.45, 7) is 0.954. The normalized spacial score (nSPS) is 31.7. The summed E-state index contributed by atoms with van der Waals surface area (Å²) in [7, 11) is 0. The molecule has 0 aromatic heterocycles. The number of fused-ring (bicyclic) bond motifs is 4. The van der Waals surface area contributed by atoms with E-state index < -0.39 is 0 Å². The monoisotopic (exact) mass is 160 g/mol. The van der Waals surface area contributed by atoms with Gasteiger partial charge in [-0.2, -0.15) is 0 Å². The fourth-order valence-electron chi connectivity index (χ4n) is 2.42. The molecule has 1 heterocycles. The standard InChI is InChI=1S/C11H12O/c1-2-5-9-8(4-1)10-6-3-7-12-11(9)10/h1-2,4-5,10-11H,3,6-7H2/t10-,11+/m0/s1. The molecule has 1 fully saturated rings. The first-order chi connectivity index (χ1) is 5.97. The molecule has 1 aliphatic carbocycles. The highest BCUT2D eigenvalue weighted by Gasteiger charge is 2.39. The molecule has 0 bridgehead atoms. The van der Waals surface area contributed by atoms with Crippen molar-refractivity contribution in [3.8, 4) is 0 Å². The van der Waals surface area contributed by atoms with Gasteiger partial charge in [-0.1, -0.05) is 24.3 Å². The van der Waals surface area contributed by atoms with Gasteiger partial charge in [0.2, 0.25) is 0 Å². The summed E-state index contributed by atoms with van der Waals surface area (Å²) in [6.07, 6.45) is 2.99. The van der Waals surface area contributed by atoms with Gasteiger partial charge in [-0.05, 0) is 24.0 Å². The minimum atomic E-state index is 0.440. The summed E-state index contributed by atoms with van der Waals surface area (Å²) in [5.41, 5.74) is 2.96. The Morgan fingerprint density at radius 2 is 2.00 bits per heavy atom. The van der Waals surface area contributed by atoms with Crippen molar-refractivity contribution in [3.63, 3.8) is 0 Å². The third kappa shape index (κ3) is 0.721. The first kappa shape index (κ1) is 6.67. The summed E-state index contributed by atoms with van der Waals surface area (Å²) >= 11 is 0. The molecule has 62 valence electrons. The second-order valence-electron chi connectivity index (χ2n) is 3.67. The smallest absolute Gasteiger partial charge is 0.0896 e. The van der Waals surface area contributed by atoms with Crippen molar-refractivity contribution in [2.75, 3.05) is 6.61 Å². The Balaban J connectivity index is 2.03. The minimum Gasteiger partial charge on any atom is -0.373 e. The van der Waals surface area contributed by atoms with Crippen LogP contribution in [0.5, 0.6) is 0 Å². The second-order valence-corrected chi connectivity index (χ2v) is 3.67. The zero-order valence-corrected chi connectivity index (χ0v) is 6.99. The lowest BCUT2D eigenvalue weighted by Gasteiger charge is -2.42. The Kier molecular flexibility index (Phi) is 1.30. The zero-order valence-electron chi connectivity index (χ0n) is 6.99. The molecule has 1 aromatic rings. The van der Waals surface area contributed by atoms with Gasteiger partial charge < -0.3 is 4.74 Å². The highest BCUT2D eigenvalue weighted by atomic mass is 16.5. The summed E-state index contributed by atoms with van der Waals surface area (Å²) in [5, 5.41) is 0. The van der Waals surface area contributed by atoms with Gasteiger partial charge in [-0.3, -0.25) is 0 Å². The lowest BCUT2D eigenvalue weighted by Crippen LogP contribution is -2.30. The van der Waals surface area contributed by atoms with Crippen molar-refractivity contribution in [2.24, 2.45) is 0 Å². The van der Waals surface area contributed by atoms with Gasteiger partial charge in [0.15, 0.2) is 0 Å². The Hall–Kier alpha value is -0.820. The van der Waals surface area contributed by atoms with Gasteiger partial charge in [0, 0.05) is 12.5 Å². The van der Waals surface area contributed by atoms with Gasteiger partial charge in [-0.15, -0.1) is 0 Å². The van der Waals surface area contributed by atoms with E-state index in [0.717, 1.165) is 12.5 Å². The molecule has 0 amide bonds. The van der Waals surface area contributed by atoms with Crippen LogP contribution < -0.4 is 0 Å². The van der Waals surface area contributed by atoms with Gasteiger partial charge >= 0.3 is 0 Å². The molecule has 1 aromatic carbocycles. The number of hydrogen-bond donors (Lipinski definition) is 0. The third-order valence-corrected chi connectivity index (χ3v) is 3.02. The second kappa shape index (κ2) is 2.33.